The van der Waals surface area contributed by atoms with Gasteiger partial charge in [-0.1, -0.05) is 13.8 Å². The van der Waals surface area contributed by atoms with Gasteiger partial charge in [0.1, 0.15) is 0 Å². The Bertz CT molecular complexity index is 626. The molecule has 0 aromatic carbocycles. The van der Waals surface area contributed by atoms with Crippen molar-refractivity contribution in [2.45, 2.75) is 46.2 Å². The first-order chi connectivity index (χ1) is 12.1. The van der Waals surface area contributed by atoms with E-state index < -0.39 is 0 Å². The Morgan fingerprint density at radius 3 is 2.68 bits per heavy atom. The molecule has 0 atom stereocenters. The molecule has 6 nitrogen and oxygen atoms in total. The van der Waals surface area contributed by atoms with Crippen LogP contribution in [-0.2, 0) is 19.5 Å². The normalized spacial score (nSPS) is 21.6. The van der Waals surface area contributed by atoms with Crippen molar-refractivity contribution in [3.05, 3.63) is 17.0 Å². The molecule has 6 heteroatoms. The minimum absolute atomic E-state index is 0.138. The molecule has 0 spiro atoms. The van der Waals surface area contributed by atoms with Crippen LogP contribution in [0.25, 0.3) is 0 Å². The molecule has 1 aromatic heterocycles. The quantitative estimate of drug-likeness (QED) is 0.875. The van der Waals surface area contributed by atoms with Gasteiger partial charge in [-0.05, 0) is 24.7 Å². The lowest BCUT2D eigenvalue weighted by Crippen LogP contribution is -2.49. The topological polar surface area (TPSA) is 53.4 Å². The Morgan fingerprint density at radius 2 is 2.00 bits per heavy atom. The van der Waals surface area contributed by atoms with E-state index >= 15 is 0 Å². The fourth-order valence-corrected chi connectivity index (χ4v) is 4.09. The molecule has 3 heterocycles. The van der Waals surface area contributed by atoms with Gasteiger partial charge in [0, 0.05) is 70.0 Å². The Hall–Kier alpha value is -1.40. The zero-order valence-corrected chi connectivity index (χ0v) is 15.6. The molecule has 1 N–H and O–H groups in total. The van der Waals surface area contributed by atoms with Crippen molar-refractivity contribution in [3.8, 4) is 0 Å². The van der Waals surface area contributed by atoms with Gasteiger partial charge in [0.05, 0.1) is 0 Å². The summed E-state index contributed by atoms with van der Waals surface area (Å²) in [4.78, 5) is 17.6. The van der Waals surface area contributed by atoms with Gasteiger partial charge >= 0.3 is 0 Å². The zero-order chi connectivity index (χ0) is 17.4. The Labute approximate surface area is 150 Å². The number of carbonyl (C=O) groups is 1. The highest BCUT2D eigenvalue weighted by Crippen LogP contribution is 2.32. The summed E-state index contributed by atoms with van der Waals surface area (Å²) in [5, 5.41) is 8.20. The van der Waals surface area contributed by atoms with Crippen LogP contribution in [0.1, 0.15) is 48.4 Å². The van der Waals surface area contributed by atoms with Crippen LogP contribution in [0.4, 0.5) is 0 Å². The van der Waals surface area contributed by atoms with Crippen LogP contribution in [0, 0.1) is 11.8 Å². The van der Waals surface area contributed by atoms with Crippen molar-refractivity contribution in [2.24, 2.45) is 11.8 Å². The highest BCUT2D eigenvalue weighted by molar-refractivity contribution is 5.94. The molecule has 25 heavy (non-hydrogen) atoms. The molecule has 1 amide bonds. The third kappa shape index (κ3) is 3.75. The molecule has 0 unspecified atom stereocenters. The second-order valence-corrected chi connectivity index (χ2v) is 8.31. The predicted octanol–water partition coefficient (Wildman–Crippen LogP) is 1.35. The average Bonchev–Trinajstić information content (AvgIpc) is 3.35. The Balaban J connectivity index is 1.47. The van der Waals surface area contributed by atoms with E-state index in [1.807, 2.05) is 4.90 Å². The lowest BCUT2D eigenvalue weighted by atomic mass is 10.1. The smallest absolute Gasteiger partial charge is 0.274 e. The Morgan fingerprint density at radius 1 is 1.24 bits per heavy atom. The minimum atomic E-state index is 0.138. The fourth-order valence-electron chi connectivity index (χ4n) is 4.09. The first kappa shape index (κ1) is 17.0. The number of carbonyl (C=O) groups excluding carboxylic acids is 1. The summed E-state index contributed by atoms with van der Waals surface area (Å²) in [5.41, 5.74) is 3.16. The summed E-state index contributed by atoms with van der Waals surface area (Å²) in [7, 11) is 0. The highest BCUT2D eigenvalue weighted by Gasteiger charge is 2.31. The first-order valence-corrected chi connectivity index (χ1v) is 9.92. The number of rotatable bonds is 5. The Kier molecular flexibility index (Phi) is 4.82. The van der Waals surface area contributed by atoms with Crippen LogP contribution in [0.5, 0.6) is 0 Å². The number of amides is 1. The molecule has 1 aromatic rings. The van der Waals surface area contributed by atoms with Crippen LogP contribution in [-0.4, -0.2) is 64.8 Å². The van der Waals surface area contributed by atoms with Gasteiger partial charge < -0.3 is 10.2 Å². The third-order valence-corrected chi connectivity index (χ3v) is 5.62. The molecule has 4 rings (SSSR count). The van der Waals surface area contributed by atoms with Gasteiger partial charge in [-0.25, -0.2) is 0 Å². The lowest BCUT2D eigenvalue weighted by Gasteiger charge is -2.35. The summed E-state index contributed by atoms with van der Waals surface area (Å²) in [6.07, 6.45) is 3.62. The maximum atomic E-state index is 13.1. The van der Waals surface area contributed by atoms with Crippen LogP contribution < -0.4 is 5.32 Å². The fraction of sp³-hybridized carbons (Fsp3) is 0.789. The van der Waals surface area contributed by atoms with Gasteiger partial charge in [-0.2, -0.15) is 5.10 Å². The SMILES string of the molecule is CC(C)CN1CCN(C(=O)c2nn(CC3CC3)c3c2CNCC3)CC1. The van der Waals surface area contributed by atoms with Crippen molar-refractivity contribution in [1.29, 1.82) is 0 Å². The molecule has 1 aliphatic carbocycles. The summed E-state index contributed by atoms with van der Waals surface area (Å²) >= 11 is 0. The lowest BCUT2D eigenvalue weighted by molar-refractivity contribution is 0.0616. The summed E-state index contributed by atoms with van der Waals surface area (Å²) in [6.45, 7) is 12.0. The van der Waals surface area contributed by atoms with Crippen LogP contribution in [0.15, 0.2) is 0 Å². The van der Waals surface area contributed by atoms with Crippen molar-refractivity contribution in [1.82, 2.24) is 24.9 Å². The van der Waals surface area contributed by atoms with Crippen molar-refractivity contribution < 1.29 is 4.79 Å². The van der Waals surface area contributed by atoms with Crippen molar-refractivity contribution in [3.63, 3.8) is 0 Å². The van der Waals surface area contributed by atoms with Crippen molar-refractivity contribution in [2.75, 3.05) is 39.3 Å². The average molecular weight is 345 g/mol. The molecular formula is C19H31N5O. The number of hydrogen-bond donors (Lipinski definition) is 1. The van der Waals surface area contributed by atoms with E-state index in [1.54, 1.807) is 0 Å². The van der Waals surface area contributed by atoms with Crippen molar-refractivity contribution >= 4 is 5.91 Å². The van der Waals surface area contributed by atoms with E-state index in [4.69, 9.17) is 5.10 Å². The van der Waals surface area contributed by atoms with Crippen LogP contribution in [0.3, 0.4) is 0 Å². The standard InChI is InChI=1S/C19H31N5O/c1-14(2)12-22-7-9-23(10-8-22)19(25)18-16-11-20-6-5-17(16)24(21-18)13-15-3-4-15/h14-15,20H,3-13H2,1-2H3. The largest absolute Gasteiger partial charge is 0.335 e. The molecule has 3 aliphatic rings. The van der Waals surface area contributed by atoms with Crippen LogP contribution >= 0.6 is 0 Å². The van der Waals surface area contributed by atoms with E-state index in [-0.39, 0.29) is 5.91 Å². The minimum Gasteiger partial charge on any atom is -0.335 e. The summed E-state index contributed by atoms with van der Waals surface area (Å²) < 4.78 is 2.15. The molecule has 2 fully saturated rings. The molecule has 0 bridgehead atoms. The number of nitrogens with one attached hydrogen (secondary N) is 1. The van der Waals surface area contributed by atoms with Gasteiger partial charge in [-0.15, -0.1) is 0 Å². The van der Waals surface area contributed by atoms with Gasteiger partial charge in [0.25, 0.3) is 5.91 Å². The third-order valence-electron chi connectivity index (χ3n) is 5.62. The summed E-state index contributed by atoms with van der Waals surface area (Å²) in [6, 6.07) is 0. The number of piperazine rings is 1. The van der Waals surface area contributed by atoms with Gasteiger partial charge in [-0.3, -0.25) is 14.4 Å². The first-order valence-electron chi connectivity index (χ1n) is 9.92. The maximum Gasteiger partial charge on any atom is 0.274 e. The molecule has 1 saturated heterocycles. The van der Waals surface area contributed by atoms with Gasteiger partial charge in [0.2, 0.25) is 0 Å². The number of aromatic nitrogens is 2. The maximum absolute atomic E-state index is 13.1. The predicted molar refractivity (Wildman–Crippen MR) is 97.5 cm³/mol. The zero-order valence-electron chi connectivity index (χ0n) is 15.6. The molecule has 0 radical (unpaired) electrons. The second kappa shape index (κ2) is 7.08. The summed E-state index contributed by atoms with van der Waals surface area (Å²) in [5.74, 6) is 1.60. The van der Waals surface area contributed by atoms with E-state index in [1.165, 1.54) is 18.5 Å². The monoisotopic (exact) mass is 345 g/mol. The van der Waals surface area contributed by atoms with E-state index in [0.29, 0.717) is 11.6 Å². The molecule has 1 saturated carbocycles. The highest BCUT2D eigenvalue weighted by atomic mass is 16.2. The van der Waals surface area contributed by atoms with Gasteiger partial charge in [0.15, 0.2) is 5.69 Å². The number of hydrogen-bond acceptors (Lipinski definition) is 4. The second-order valence-electron chi connectivity index (χ2n) is 8.31. The molecule has 2 aliphatic heterocycles. The molecule has 138 valence electrons. The number of fused-ring (bicyclic) bond motifs is 1. The van der Waals surface area contributed by atoms with E-state index in [9.17, 15) is 4.79 Å². The van der Waals surface area contributed by atoms with Crippen LogP contribution in [0.2, 0.25) is 0 Å². The number of nitrogens with zero attached hydrogens (tertiary/aromatic N) is 4. The van der Waals surface area contributed by atoms with E-state index in [2.05, 4.69) is 28.7 Å². The molecular weight excluding hydrogens is 314 g/mol. The van der Waals surface area contributed by atoms with E-state index in [0.717, 1.165) is 70.3 Å².